The summed E-state index contributed by atoms with van der Waals surface area (Å²) in [6.45, 7) is 5.01. The van der Waals surface area contributed by atoms with E-state index in [4.69, 9.17) is 9.26 Å². The van der Waals surface area contributed by atoms with Crippen molar-refractivity contribution in [2.75, 3.05) is 20.2 Å². The Labute approximate surface area is 167 Å². The van der Waals surface area contributed by atoms with Gasteiger partial charge in [-0.2, -0.15) is 4.98 Å². The average molecular weight is 408 g/mol. The highest BCUT2D eigenvalue weighted by atomic mass is 32.1. The quantitative estimate of drug-likeness (QED) is 0.660. The third kappa shape index (κ3) is 7.10. The summed E-state index contributed by atoms with van der Waals surface area (Å²) < 4.78 is 10.1. The molecule has 9 nitrogen and oxygen atoms in total. The van der Waals surface area contributed by atoms with E-state index in [0.717, 1.165) is 4.88 Å². The molecule has 0 fully saturated rings. The summed E-state index contributed by atoms with van der Waals surface area (Å²) in [4.78, 5) is 41.9. The van der Waals surface area contributed by atoms with E-state index in [2.05, 4.69) is 15.5 Å². The monoisotopic (exact) mass is 408 g/mol. The Kier molecular flexibility index (Phi) is 7.27. The molecule has 28 heavy (non-hydrogen) atoms. The van der Waals surface area contributed by atoms with Crippen LogP contribution in [0.15, 0.2) is 22.0 Å². The van der Waals surface area contributed by atoms with Gasteiger partial charge in [-0.25, -0.2) is 0 Å². The zero-order valence-corrected chi connectivity index (χ0v) is 17.2. The van der Waals surface area contributed by atoms with E-state index >= 15 is 0 Å². The van der Waals surface area contributed by atoms with Crippen LogP contribution >= 0.6 is 11.3 Å². The van der Waals surface area contributed by atoms with Gasteiger partial charge in [-0.3, -0.25) is 14.4 Å². The molecule has 0 bridgehead atoms. The zero-order chi connectivity index (χ0) is 20.7. The minimum Gasteiger partial charge on any atom is -0.456 e. The molecule has 0 aromatic carbocycles. The van der Waals surface area contributed by atoms with Crippen molar-refractivity contribution in [3.63, 3.8) is 0 Å². The topological polar surface area (TPSA) is 115 Å². The summed E-state index contributed by atoms with van der Waals surface area (Å²) in [5.74, 6) is -0.508. The Morgan fingerprint density at radius 1 is 1.32 bits per heavy atom. The van der Waals surface area contributed by atoms with Crippen molar-refractivity contribution in [1.29, 1.82) is 0 Å². The molecule has 152 valence electrons. The predicted octanol–water partition coefficient (Wildman–Crippen LogP) is 1.65. The largest absolute Gasteiger partial charge is 0.456 e. The molecule has 0 atom stereocenters. The van der Waals surface area contributed by atoms with Crippen LogP contribution in [-0.2, 0) is 25.5 Å². The standard InChI is InChI=1S/C18H24N4O5S/c1-18(2,3)20-13(23)10-22(4)15(24)11-26-16(25)8-7-14-19-17(21-27-14)12-6-5-9-28-12/h5-6,9H,7-8,10-11H2,1-4H3,(H,20,23). The highest BCUT2D eigenvalue weighted by Crippen LogP contribution is 2.21. The summed E-state index contributed by atoms with van der Waals surface area (Å²) in [5.41, 5.74) is -0.383. The number of aryl methyl sites for hydroxylation is 1. The number of esters is 1. The molecule has 2 rings (SSSR count). The van der Waals surface area contributed by atoms with Gasteiger partial charge in [0.2, 0.25) is 17.6 Å². The van der Waals surface area contributed by atoms with Crippen LogP contribution in [-0.4, -0.2) is 58.6 Å². The van der Waals surface area contributed by atoms with Crippen LogP contribution in [0.3, 0.4) is 0 Å². The minimum atomic E-state index is -0.559. The van der Waals surface area contributed by atoms with Gasteiger partial charge < -0.3 is 19.5 Å². The minimum absolute atomic E-state index is 0.00752. The third-order valence-corrected chi connectivity index (χ3v) is 4.30. The van der Waals surface area contributed by atoms with Crippen LogP contribution in [0.25, 0.3) is 10.7 Å². The zero-order valence-electron chi connectivity index (χ0n) is 16.4. The van der Waals surface area contributed by atoms with Crippen LogP contribution < -0.4 is 5.32 Å². The van der Waals surface area contributed by atoms with Crippen LogP contribution in [0.2, 0.25) is 0 Å². The first-order valence-corrected chi connectivity index (χ1v) is 9.59. The Bertz CT molecular complexity index is 810. The Morgan fingerprint density at radius 3 is 2.71 bits per heavy atom. The number of likely N-dealkylation sites (N-methyl/N-ethyl adjacent to an activating group) is 1. The maximum Gasteiger partial charge on any atom is 0.306 e. The van der Waals surface area contributed by atoms with E-state index in [-0.39, 0.29) is 30.8 Å². The molecule has 0 saturated heterocycles. The number of rotatable bonds is 8. The van der Waals surface area contributed by atoms with Gasteiger partial charge >= 0.3 is 5.97 Å². The fourth-order valence-electron chi connectivity index (χ4n) is 2.16. The second-order valence-electron chi connectivity index (χ2n) is 7.20. The van der Waals surface area contributed by atoms with Crippen LogP contribution in [0.4, 0.5) is 0 Å². The molecule has 1 N–H and O–H groups in total. The van der Waals surface area contributed by atoms with Crippen molar-refractivity contribution in [1.82, 2.24) is 20.4 Å². The summed E-state index contributed by atoms with van der Waals surface area (Å²) in [6, 6.07) is 3.76. The van der Waals surface area contributed by atoms with Crippen molar-refractivity contribution in [2.45, 2.75) is 39.2 Å². The number of hydrogen-bond donors (Lipinski definition) is 1. The fraction of sp³-hybridized carbons (Fsp3) is 0.500. The molecular weight excluding hydrogens is 384 g/mol. The number of amides is 2. The van der Waals surface area contributed by atoms with Crippen molar-refractivity contribution < 1.29 is 23.6 Å². The van der Waals surface area contributed by atoms with Crippen molar-refractivity contribution in [3.8, 4) is 10.7 Å². The van der Waals surface area contributed by atoms with E-state index in [1.807, 2.05) is 38.3 Å². The number of carbonyl (C=O) groups excluding carboxylic acids is 3. The fourth-order valence-corrected chi connectivity index (χ4v) is 2.81. The summed E-state index contributed by atoms with van der Waals surface area (Å²) in [5, 5.41) is 8.52. The second-order valence-corrected chi connectivity index (χ2v) is 8.15. The van der Waals surface area contributed by atoms with Crippen LogP contribution in [0.1, 0.15) is 33.1 Å². The van der Waals surface area contributed by atoms with Gasteiger partial charge in [0.05, 0.1) is 17.8 Å². The number of aromatic nitrogens is 2. The first-order chi connectivity index (χ1) is 13.1. The molecule has 0 aliphatic rings. The molecule has 2 heterocycles. The average Bonchev–Trinajstić information content (AvgIpc) is 3.26. The Morgan fingerprint density at radius 2 is 2.07 bits per heavy atom. The molecular formula is C18H24N4O5S. The van der Waals surface area contributed by atoms with Gasteiger partial charge in [0.15, 0.2) is 6.61 Å². The van der Waals surface area contributed by atoms with Crippen molar-refractivity contribution in [3.05, 3.63) is 23.4 Å². The third-order valence-electron chi connectivity index (χ3n) is 3.43. The van der Waals surface area contributed by atoms with Crippen LogP contribution in [0.5, 0.6) is 0 Å². The molecule has 0 radical (unpaired) electrons. The van der Waals surface area contributed by atoms with Gasteiger partial charge in [0, 0.05) is 19.0 Å². The van der Waals surface area contributed by atoms with E-state index in [0.29, 0.717) is 11.7 Å². The van der Waals surface area contributed by atoms with E-state index in [1.165, 1.54) is 23.3 Å². The highest BCUT2D eigenvalue weighted by Gasteiger charge is 2.19. The second kappa shape index (κ2) is 9.45. The number of nitrogens with zero attached hydrogens (tertiary/aromatic N) is 3. The van der Waals surface area contributed by atoms with Gasteiger partial charge in [0.1, 0.15) is 0 Å². The molecule has 2 aromatic heterocycles. The molecule has 0 aliphatic heterocycles. The first-order valence-electron chi connectivity index (χ1n) is 8.71. The molecule has 10 heteroatoms. The number of hydrogen-bond acceptors (Lipinski definition) is 8. The lowest BCUT2D eigenvalue weighted by Crippen LogP contribution is -2.46. The van der Waals surface area contributed by atoms with Gasteiger partial charge in [-0.05, 0) is 32.2 Å². The normalized spacial score (nSPS) is 11.1. The maximum atomic E-state index is 12.0. The lowest BCUT2D eigenvalue weighted by Gasteiger charge is -2.23. The summed E-state index contributed by atoms with van der Waals surface area (Å²) in [6.07, 6.45) is 0.225. The number of thiophene rings is 1. The lowest BCUT2D eigenvalue weighted by molar-refractivity contribution is -0.152. The number of ether oxygens (including phenoxy) is 1. The smallest absolute Gasteiger partial charge is 0.306 e. The van der Waals surface area contributed by atoms with Crippen LogP contribution in [0, 0.1) is 0 Å². The molecule has 2 amide bonds. The van der Waals surface area contributed by atoms with Gasteiger partial charge in [-0.15, -0.1) is 11.3 Å². The van der Waals surface area contributed by atoms with E-state index in [1.54, 1.807) is 0 Å². The molecule has 0 saturated carbocycles. The maximum absolute atomic E-state index is 12.0. The number of nitrogens with one attached hydrogen (secondary N) is 1. The van der Waals surface area contributed by atoms with Gasteiger partial charge in [-0.1, -0.05) is 11.2 Å². The lowest BCUT2D eigenvalue weighted by atomic mass is 10.1. The summed E-state index contributed by atoms with van der Waals surface area (Å²) >= 11 is 1.49. The van der Waals surface area contributed by atoms with Crippen molar-refractivity contribution >= 4 is 29.1 Å². The molecule has 0 spiro atoms. The highest BCUT2D eigenvalue weighted by molar-refractivity contribution is 7.13. The summed E-state index contributed by atoms with van der Waals surface area (Å²) in [7, 11) is 1.48. The molecule has 0 aliphatic carbocycles. The number of carbonyl (C=O) groups is 3. The predicted molar refractivity (Wildman–Crippen MR) is 102 cm³/mol. The SMILES string of the molecule is CN(CC(=O)NC(C)(C)C)C(=O)COC(=O)CCc1nc(-c2cccs2)no1. The van der Waals surface area contributed by atoms with E-state index < -0.39 is 18.5 Å². The van der Waals surface area contributed by atoms with E-state index in [9.17, 15) is 14.4 Å². The Hall–Kier alpha value is -2.75. The van der Waals surface area contributed by atoms with Gasteiger partial charge in [0.25, 0.3) is 5.91 Å². The Balaban J connectivity index is 1.70. The first kappa shape index (κ1) is 21.5. The molecule has 0 unspecified atom stereocenters. The molecule has 2 aromatic rings. The van der Waals surface area contributed by atoms with Crippen molar-refractivity contribution in [2.24, 2.45) is 0 Å².